The van der Waals surface area contributed by atoms with E-state index in [-0.39, 0.29) is 18.3 Å². The van der Waals surface area contributed by atoms with Crippen molar-refractivity contribution in [1.82, 2.24) is 9.66 Å². The highest BCUT2D eigenvalue weighted by Crippen LogP contribution is 2.30. The number of nitrogens with zero attached hydrogens (tertiary/aromatic N) is 3. The van der Waals surface area contributed by atoms with Crippen molar-refractivity contribution in [3.63, 3.8) is 0 Å². The number of fused-ring (bicyclic) bond motifs is 1. The second-order valence-corrected chi connectivity index (χ2v) is 9.83. The van der Waals surface area contributed by atoms with Gasteiger partial charge in [0.1, 0.15) is 5.82 Å². The highest BCUT2D eigenvalue weighted by atomic mass is 79.9. The maximum atomic E-state index is 13.4. The summed E-state index contributed by atoms with van der Waals surface area (Å²) in [6, 6.07) is 10.6. The number of halogens is 1. The number of benzene rings is 2. The number of carbonyl (C=O) groups excluding carboxylic acids is 1. The van der Waals surface area contributed by atoms with Crippen LogP contribution in [-0.2, 0) is 14.9 Å². The number of methoxy groups -OCH3 is 1. The van der Waals surface area contributed by atoms with Gasteiger partial charge < -0.3 is 14.2 Å². The van der Waals surface area contributed by atoms with E-state index in [0.717, 1.165) is 4.47 Å². The Morgan fingerprint density at radius 3 is 2.62 bits per heavy atom. The molecular formula is C25H28BrN3O5. The number of ether oxygens (including phenoxy) is 3. The van der Waals surface area contributed by atoms with Crippen LogP contribution in [-0.4, -0.2) is 41.7 Å². The van der Waals surface area contributed by atoms with Gasteiger partial charge in [-0.1, -0.05) is 42.8 Å². The first-order valence-electron chi connectivity index (χ1n) is 10.8. The van der Waals surface area contributed by atoms with Gasteiger partial charge in [-0.25, -0.2) is 9.78 Å². The fourth-order valence-electron chi connectivity index (χ4n) is 3.24. The molecule has 0 amide bonds. The lowest BCUT2D eigenvalue weighted by atomic mass is 9.95. The van der Waals surface area contributed by atoms with Gasteiger partial charge in [0, 0.05) is 15.5 Å². The Morgan fingerprint density at radius 2 is 1.97 bits per heavy atom. The minimum Gasteiger partial charge on any atom is -0.493 e. The van der Waals surface area contributed by atoms with Crippen LogP contribution in [0.1, 0.15) is 46.0 Å². The monoisotopic (exact) mass is 529 g/mol. The Bertz CT molecular complexity index is 1290. The fraction of sp³-hybridized carbons (Fsp3) is 0.360. The lowest BCUT2D eigenvalue weighted by Gasteiger charge is -2.21. The molecule has 0 unspecified atom stereocenters. The van der Waals surface area contributed by atoms with Crippen molar-refractivity contribution in [1.29, 1.82) is 0 Å². The molecule has 8 nitrogen and oxygen atoms in total. The summed E-state index contributed by atoms with van der Waals surface area (Å²) in [5.41, 5.74) is 0.376. The zero-order valence-electron chi connectivity index (χ0n) is 20.1. The molecule has 0 saturated carbocycles. The second kappa shape index (κ2) is 10.4. The van der Waals surface area contributed by atoms with Crippen LogP contribution >= 0.6 is 15.9 Å². The molecule has 0 radical (unpaired) electrons. The van der Waals surface area contributed by atoms with Crippen molar-refractivity contribution in [2.75, 3.05) is 13.7 Å². The predicted octanol–water partition coefficient (Wildman–Crippen LogP) is 4.68. The Kier molecular flexibility index (Phi) is 7.76. The highest BCUT2D eigenvalue weighted by molar-refractivity contribution is 9.10. The summed E-state index contributed by atoms with van der Waals surface area (Å²) in [6.07, 6.45) is 1.24. The van der Waals surface area contributed by atoms with Crippen LogP contribution in [0.3, 0.4) is 0 Å². The Hall–Kier alpha value is -3.20. The van der Waals surface area contributed by atoms with Crippen LogP contribution in [0.2, 0.25) is 0 Å². The zero-order valence-corrected chi connectivity index (χ0v) is 21.7. The van der Waals surface area contributed by atoms with E-state index in [1.807, 2.05) is 26.8 Å². The van der Waals surface area contributed by atoms with Crippen molar-refractivity contribution in [3.8, 4) is 11.5 Å². The van der Waals surface area contributed by atoms with E-state index in [2.05, 4.69) is 21.0 Å². The van der Waals surface area contributed by atoms with E-state index >= 15 is 0 Å². The molecule has 0 atom stereocenters. The molecule has 0 fully saturated rings. The van der Waals surface area contributed by atoms with Gasteiger partial charge in [0.15, 0.2) is 18.1 Å². The first-order chi connectivity index (χ1) is 16.0. The quantitative estimate of drug-likeness (QED) is 0.326. The first kappa shape index (κ1) is 25.4. The molecular weight excluding hydrogens is 502 g/mol. The largest absolute Gasteiger partial charge is 0.493 e. The van der Waals surface area contributed by atoms with E-state index < -0.39 is 11.4 Å². The van der Waals surface area contributed by atoms with Gasteiger partial charge in [-0.05, 0) is 44.2 Å². The summed E-state index contributed by atoms with van der Waals surface area (Å²) < 4.78 is 18.3. The number of esters is 1. The molecule has 1 aromatic heterocycles. The highest BCUT2D eigenvalue weighted by Gasteiger charge is 2.23. The minimum atomic E-state index is -0.501. The van der Waals surface area contributed by atoms with Crippen molar-refractivity contribution >= 4 is 39.0 Å². The number of para-hydroxylation sites is 1. The molecule has 1 heterocycles. The van der Waals surface area contributed by atoms with Crippen LogP contribution in [0.4, 0.5) is 0 Å². The zero-order chi connectivity index (χ0) is 25.0. The summed E-state index contributed by atoms with van der Waals surface area (Å²) in [6.45, 7) is 9.13. The van der Waals surface area contributed by atoms with Crippen LogP contribution < -0.4 is 15.0 Å². The average Bonchev–Trinajstić information content (AvgIpc) is 2.76. The molecule has 0 aliphatic carbocycles. The maximum absolute atomic E-state index is 13.4. The lowest BCUT2D eigenvalue weighted by molar-refractivity contribution is -0.149. The number of carbonyl (C=O) groups is 1. The molecule has 0 N–H and O–H groups in total. The molecule has 180 valence electrons. The normalized spacial score (nSPS) is 11.9. The van der Waals surface area contributed by atoms with Gasteiger partial charge in [0.25, 0.3) is 5.56 Å². The molecule has 3 rings (SSSR count). The third kappa shape index (κ3) is 5.83. The molecule has 3 aromatic rings. The summed E-state index contributed by atoms with van der Waals surface area (Å²) in [5, 5.41) is 4.93. The smallest absolute Gasteiger partial charge is 0.344 e. The lowest BCUT2D eigenvalue weighted by Crippen LogP contribution is -2.29. The van der Waals surface area contributed by atoms with Gasteiger partial charge in [0.2, 0.25) is 0 Å². The number of hydrogen-bond donors (Lipinski definition) is 0. The van der Waals surface area contributed by atoms with Crippen LogP contribution in [0.5, 0.6) is 11.5 Å². The van der Waals surface area contributed by atoms with Crippen LogP contribution in [0, 0.1) is 0 Å². The fourth-order valence-corrected chi connectivity index (χ4v) is 3.60. The summed E-state index contributed by atoms with van der Waals surface area (Å²) in [7, 11) is 1.50. The van der Waals surface area contributed by atoms with Crippen molar-refractivity contribution in [2.24, 2.45) is 5.10 Å². The second-order valence-electron chi connectivity index (χ2n) is 8.91. The van der Waals surface area contributed by atoms with E-state index in [1.54, 1.807) is 44.2 Å². The van der Waals surface area contributed by atoms with Gasteiger partial charge >= 0.3 is 5.97 Å². The molecule has 0 aliphatic heterocycles. The maximum Gasteiger partial charge on any atom is 0.344 e. The Labute approximate surface area is 206 Å². The number of aromatic nitrogens is 2. The van der Waals surface area contributed by atoms with Gasteiger partial charge in [-0.15, -0.1) is 0 Å². The first-order valence-corrected chi connectivity index (χ1v) is 11.6. The number of rotatable bonds is 7. The third-order valence-corrected chi connectivity index (χ3v) is 5.22. The van der Waals surface area contributed by atoms with Crippen LogP contribution in [0.25, 0.3) is 10.9 Å². The molecule has 0 bridgehead atoms. The van der Waals surface area contributed by atoms with Crippen LogP contribution in [0.15, 0.2) is 50.8 Å². The van der Waals surface area contributed by atoms with Gasteiger partial charge in [0.05, 0.1) is 30.3 Å². The molecule has 9 heteroatoms. The van der Waals surface area contributed by atoms with Gasteiger partial charge in [-0.3, -0.25) is 4.79 Å². The minimum absolute atomic E-state index is 0.252. The molecule has 0 aliphatic rings. The SMILES string of the molecule is COc1cccc(C=Nn2c(C(C)(C)C)nc3ccc(Br)cc3c2=O)c1OCC(=O)OC(C)C. The molecule has 0 spiro atoms. The van der Waals surface area contributed by atoms with E-state index in [0.29, 0.717) is 33.8 Å². The predicted molar refractivity (Wildman–Crippen MR) is 135 cm³/mol. The molecule has 2 aromatic carbocycles. The van der Waals surface area contributed by atoms with Crippen molar-refractivity contribution in [3.05, 3.63) is 62.6 Å². The Balaban J connectivity index is 2.08. The Morgan fingerprint density at radius 1 is 1.24 bits per heavy atom. The average molecular weight is 530 g/mol. The summed E-state index contributed by atoms with van der Waals surface area (Å²) in [5.74, 6) is 0.746. The van der Waals surface area contributed by atoms with E-state index in [4.69, 9.17) is 19.2 Å². The molecule has 0 saturated heterocycles. The summed E-state index contributed by atoms with van der Waals surface area (Å²) in [4.78, 5) is 30.1. The standard InChI is InChI=1S/C25H28BrN3O5/c1-15(2)34-21(30)14-33-22-16(8-7-9-20(22)32-6)13-27-29-23(31)18-12-17(26)10-11-19(18)28-24(29)25(3,4)5/h7-13,15H,14H2,1-6H3. The topological polar surface area (TPSA) is 92.0 Å². The molecule has 34 heavy (non-hydrogen) atoms. The van der Waals surface area contributed by atoms with Crippen molar-refractivity contribution in [2.45, 2.75) is 46.1 Å². The van der Waals surface area contributed by atoms with E-state index in [9.17, 15) is 9.59 Å². The van der Waals surface area contributed by atoms with E-state index in [1.165, 1.54) is 18.0 Å². The van der Waals surface area contributed by atoms with Crippen molar-refractivity contribution < 1.29 is 19.0 Å². The number of hydrogen-bond acceptors (Lipinski definition) is 7. The third-order valence-electron chi connectivity index (χ3n) is 4.72. The van der Waals surface area contributed by atoms with Gasteiger partial charge in [-0.2, -0.15) is 9.78 Å². The summed E-state index contributed by atoms with van der Waals surface area (Å²) >= 11 is 3.41.